The summed E-state index contributed by atoms with van der Waals surface area (Å²) in [7, 11) is 1.53. The molecule has 154 valence electrons. The molecule has 1 N–H and O–H groups in total. The number of carbonyl (C=O) groups excluding carboxylic acids is 1. The van der Waals surface area contributed by atoms with Crippen LogP contribution in [0.2, 0.25) is 5.02 Å². The van der Waals surface area contributed by atoms with Crippen LogP contribution in [-0.2, 0) is 11.3 Å². The van der Waals surface area contributed by atoms with Crippen LogP contribution in [0.4, 0.5) is 5.69 Å². The number of carbonyl (C=O) groups is 1. The van der Waals surface area contributed by atoms with Crippen LogP contribution in [0.5, 0.6) is 5.75 Å². The lowest BCUT2D eigenvalue weighted by Crippen LogP contribution is -2.24. The van der Waals surface area contributed by atoms with Gasteiger partial charge in [0.1, 0.15) is 10.4 Å². The zero-order valence-corrected chi connectivity index (χ0v) is 18.8. The van der Waals surface area contributed by atoms with Gasteiger partial charge in [-0.3, -0.25) is 14.2 Å². The number of hydrogen-bond acceptors (Lipinski definition) is 6. The Morgan fingerprint density at radius 1 is 1.38 bits per heavy atom. The molecule has 2 heterocycles. The number of thiophene rings is 1. The average Bonchev–Trinajstić information content (AvgIpc) is 3.14. The number of hydrogen-bond donors (Lipinski definition) is 1. The van der Waals surface area contributed by atoms with Gasteiger partial charge in [-0.05, 0) is 42.0 Å². The summed E-state index contributed by atoms with van der Waals surface area (Å²) in [5, 5.41) is 5.72. The minimum Gasteiger partial charge on any atom is -0.495 e. The van der Waals surface area contributed by atoms with E-state index in [4.69, 9.17) is 16.3 Å². The normalized spacial score (nSPS) is 11.2. The molecule has 0 aliphatic carbocycles. The molecule has 6 nitrogen and oxygen atoms in total. The van der Waals surface area contributed by atoms with E-state index < -0.39 is 0 Å². The number of benzene rings is 1. The fourth-order valence-electron chi connectivity index (χ4n) is 2.71. The van der Waals surface area contributed by atoms with Gasteiger partial charge in [0.05, 0.1) is 24.1 Å². The highest BCUT2D eigenvalue weighted by atomic mass is 35.5. The summed E-state index contributed by atoms with van der Waals surface area (Å²) < 4.78 is 7.58. The minimum absolute atomic E-state index is 0.0509. The second-order valence-electron chi connectivity index (χ2n) is 6.85. The monoisotopic (exact) mass is 451 g/mol. The maximum absolute atomic E-state index is 12.9. The summed E-state index contributed by atoms with van der Waals surface area (Å²) in [5.41, 5.74) is 1.12. The maximum atomic E-state index is 12.9. The average molecular weight is 452 g/mol. The van der Waals surface area contributed by atoms with Gasteiger partial charge in [-0.15, -0.1) is 11.3 Å². The molecule has 0 unspecified atom stereocenters. The Bertz CT molecular complexity index is 1080. The molecule has 0 saturated heterocycles. The molecule has 0 spiro atoms. The van der Waals surface area contributed by atoms with Gasteiger partial charge in [-0.2, -0.15) is 0 Å². The topological polar surface area (TPSA) is 73.2 Å². The number of fused-ring (bicyclic) bond motifs is 1. The van der Waals surface area contributed by atoms with Crippen molar-refractivity contribution in [2.24, 2.45) is 5.92 Å². The van der Waals surface area contributed by atoms with E-state index in [0.717, 1.165) is 6.42 Å². The van der Waals surface area contributed by atoms with E-state index in [1.165, 1.54) is 30.2 Å². The van der Waals surface area contributed by atoms with E-state index >= 15 is 0 Å². The molecule has 9 heteroatoms. The first kappa shape index (κ1) is 21.7. The number of nitrogens with one attached hydrogen (secondary N) is 1. The summed E-state index contributed by atoms with van der Waals surface area (Å²) in [4.78, 5) is 30.0. The molecule has 0 aliphatic heterocycles. The third-order valence-corrected chi connectivity index (χ3v) is 6.33. The molecule has 1 aromatic carbocycles. The predicted molar refractivity (Wildman–Crippen MR) is 121 cm³/mol. The van der Waals surface area contributed by atoms with Crippen molar-refractivity contribution in [1.82, 2.24) is 9.55 Å². The van der Waals surface area contributed by atoms with Crippen molar-refractivity contribution in [3.63, 3.8) is 0 Å². The second kappa shape index (κ2) is 9.65. The van der Waals surface area contributed by atoms with E-state index in [1.807, 2.05) is 11.4 Å². The zero-order chi connectivity index (χ0) is 21.0. The van der Waals surface area contributed by atoms with Crippen LogP contribution in [-0.4, -0.2) is 28.3 Å². The summed E-state index contributed by atoms with van der Waals surface area (Å²) in [6.07, 6.45) is 0.859. The van der Waals surface area contributed by atoms with E-state index in [1.54, 1.807) is 22.8 Å². The lowest BCUT2D eigenvalue weighted by molar-refractivity contribution is -0.113. The fraction of sp³-hybridized carbons (Fsp3) is 0.350. The van der Waals surface area contributed by atoms with Crippen LogP contribution in [0.25, 0.3) is 10.2 Å². The number of halogens is 1. The van der Waals surface area contributed by atoms with Gasteiger partial charge < -0.3 is 10.1 Å². The van der Waals surface area contributed by atoms with Gasteiger partial charge in [0, 0.05) is 11.6 Å². The first-order valence-corrected chi connectivity index (χ1v) is 11.4. The van der Waals surface area contributed by atoms with Crippen LogP contribution in [0.15, 0.2) is 39.6 Å². The largest absolute Gasteiger partial charge is 0.495 e. The number of amides is 1. The number of nitrogens with zero attached hydrogens (tertiary/aromatic N) is 2. The van der Waals surface area contributed by atoms with Crippen molar-refractivity contribution in [3.05, 3.63) is 45.0 Å². The number of thioether (sulfide) groups is 1. The Morgan fingerprint density at radius 2 is 2.17 bits per heavy atom. The summed E-state index contributed by atoms with van der Waals surface area (Å²) in [6.45, 7) is 4.80. The third-order valence-electron chi connectivity index (χ3n) is 4.23. The van der Waals surface area contributed by atoms with Crippen molar-refractivity contribution >= 4 is 56.5 Å². The molecule has 0 aliphatic rings. The first-order valence-electron chi connectivity index (χ1n) is 9.13. The van der Waals surface area contributed by atoms with E-state index in [0.29, 0.717) is 44.3 Å². The third kappa shape index (κ3) is 5.32. The van der Waals surface area contributed by atoms with Crippen molar-refractivity contribution in [2.75, 3.05) is 18.2 Å². The van der Waals surface area contributed by atoms with Crippen LogP contribution < -0.4 is 15.6 Å². The smallest absolute Gasteiger partial charge is 0.272 e. The number of aromatic nitrogens is 2. The van der Waals surface area contributed by atoms with Gasteiger partial charge in [0.25, 0.3) is 5.56 Å². The molecule has 0 bridgehead atoms. The summed E-state index contributed by atoms with van der Waals surface area (Å²) >= 11 is 8.65. The summed E-state index contributed by atoms with van der Waals surface area (Å²) in [5.74, 6) is 0.863. The quantitative estimate of drug-likeness (QED) is 0.389. The molecule has 0 saturated carbocycles. The zero-order valence-electron chi connectivity index (χ0n) is 16.4. The second-order valence-corrected chi connectivity index (χ2v) is 9.15. The fourth-order valence-corrected chi connectivity index (χ4v) is 4.49. The Balaban J connectivity index is 1.79. The lowest BCUT2D eigenvalue weighted by atomic mass is 10.1. The van der Waals surface area contributed by atoms with Crippen LogP contribution in [0, 0.1) is 5.92 Å². The standard InChI is InChI=1S/C20H22ClN3O3S2/c1-12(2)6-8-24-19(26)18-14(7-9-28-18)23-20(24)29-11-17(25)22-15-10-13(21)4-5-16(15)27-3/h4-5,7,9-10,12H,6,8,11H2,1-3H3,(H,22,25). The highest BCUT2D eigenvalue weighted by Crippen LogP contribution is 2.28. The van der Waals surface area contributed by atoms with Crippen molar-refractivity contribution < 1.29 is 9.53 Å². The Labute approximate surface area is 182 Å². The van der Waals surface area contributed by atoms with Gasteiger partial charge >= 0.3 is 0 Å². The Kier molecular flexibility index (Phi) is 7.21. The highest BCUT2D eigenvalue weighted by molar-refractivity contribution is 7.99. The Hall–Kier alpha value is -2.03. The molecule has 3 aromatic rings. The highest BCUT2D eigenvalue weighted by Gasteiger charge is 2.15. The summed E-state index contributed by atoms with van der Waals surface area (Å²) in [6, 6.07) is 6.85. The molecule has 29 heavy (non-hydrogen) atoms. The minimum atomic E-state index is -0.231. The number of anilines is 1. The van der Waals surface area contributed by atoms with Crippen molar-refractivity contribution in [1.29, 1.82) is 0 Å². The van der Waals surface area contributed by atoms with Crippen LogP contribution >= 0.6 is 34.7 Å². The van der Waals surface area contributed by atoms with Gasteiger partial charge in [-0.1, -0.05) is 37.2 Å². The van der Waals surface area contributed by atoms with E-state index in [9.17, 15) is 9.59 Å². The number of rotatable bonds is 8. The van der Waals surface area contributed by atoms with E-state index in [-0.39, 0.29) is 17.2 Å². The van der Waals surface area contributed by atoms with Crippen molar-refractivity contribution in [3.8, 4) is 5.75 Å². The molecule has 3 rings (SSSR count). The molecule has 1 amide bonds. The molecule has 0 fully saturated rings. The lowest BCUT2D eigenvalue weighted by Gasteiger charge is -2.14. The van der Waals surface area contributed by atoms with Gasteiger partial charge in [-0.25, -0.2) is 4.98 Å². The molecular weight excluding hydrogens is 430 g/mol. The number of ether oxygens (including phenoxy) is 1. The molecule has 2 aromatic heterocycles. The number of methoxy groups -OCH3 is 1. The molecule has 0 radical (unpaired) electrons. The van der Waals surface area contributed by atoms with Gasteiger partial charge in [0.2, 0.25) is 5.91 Å². The molecule has 0 atom stereocenters. The Morgan fingerprint density at radius 3 is 2.90 bits per heavy atom. The molecular formula is C20H22ClN3O3S2. The van der Waals surface area contributed by atoms with Gasteiger partial charge in [0.15, 0.2) is 5.16 Å². The maximum Gasteiger partial charge on any atom is 0.272 e. The van der Waals surface area contributed by atoms with Crippen molar-refractivity contribution in [2.45, 2.75) is 32.0 Å². The predicted octanol–water partition coefficient (Wildman–Crippen LogP) is 4.90. The van der Waals surface area contributed by atoms with Crippen LogP contribution in [0.1, 0.15) is 20.3 Å². The van der Waals surface area contributed by atoms with Crippen LogP contribution in [0.3, 0.4) is 0 Å². The van der Waals surface area contributed by atoms with E-state index in [2.05, 4.69) is 24.1 Å². The first-order chi connectivity index (χ1) is 13.9. The SMILES string of the molecule is COc1ccc(Cl)cc1NC(=O)CSc1nc2ccsc2c(=O)n1CCC(C)C.